The first kappa shape index (κ1) is 48.2. The predicted octanol–water partition coefficient (Wildman–Crippen LogP) is -4.77. The summed E-state index contributed by atoms with van der Waals surface area (Å²) in [6.45, 7) is 2.57. The summed E-state index contributed by atoms with van der Waals surface area (Å²) in [6, 6.07) is -8.27. The van der Waals surface area contributed by atoms with Gasteiger partial charge in [0, 0.05) is 49.3 Å². The number of nitrogens with two attached hydrogens (primary N) is 3. The number of primary amides is 2. The van der Waals surface area contributed by atoms with Crippen LogP contribution in [0, 0.1) is 5.92 Å². The van der Waals surface area contributed by atoms with Crippen LogP contribution in [0.2, 0.25) is 0 Å². The molecule has 10 amide bonds. The third-order valence-corrected chi connectivity index (χ3v) is 12.7. The highest BCUT2D eigenvalue weighted by atomic mass is 33.1. The number of nitrogens with one attached hydrogen (secondary N) is 7. The number of rotatable bonds is 9. The molecule has 61 heavy (non-hydrogen) atoms. The molecule has 1 aromatic heterocycles. The van der Waals surface area contributed by atoms with Crippen molar-refractivity contribution in [1.29, 1.82) is 0 Å². The number of amides is 10. The minimum Gasteiger partial charge on any atom is -0.370 e. The van der Waals surface area contributed by atoms with Gasteiger partial charge in [-0.15, -0.1) is 0 Å². The first-order valence-corrected chi connectivity index (χ1v) is 22.4. The number of fused-ring (bicyclic) bond motifs is 2. The summed E-state index contributed by atoms with van der Waals surface area (Å²) >= 11 is 0. The third-order valence-electron chi connectivity index (χ3n) is 10.2. The van der Waals surface area contributed by atoms with E-state index in [1.165, 1.54) is 22.3 Å². The van der Waals surface area contributed by atoms with Crippen LogP contribution in [0.5, 0.6) is 0 Å². The number of hydrogen-bond acceptors (Lipinski definition) is 14. The quantitative estimate of drug-likeness (QED) is 0.104. The molecule has 0 aromatic carbocycles. The highest BCUT2D eigenvalue weighted by molar-refractivity contribution is 8.76. The van der Waals surface area contributed by atoms with E-state index < -0.39 is 120 Å². The maximum atomic E-state index is 14.2. The second-order valence-corrected chi connectivity index (χ2v) is 17.8. The molecular formula is C36H55N13O10S2. The molecule has 336 valence electrons. The summed E-state index contributed by atoms with van der Waals surface area (Å²) < 4.78 is 0. The summed E-state index contributed by atoms with van der Waals surface area (Å²) in [5, 5.41) is 15.4. The lowest BCUT2D eigenvalue weighted by molar-refractivity contribution is -0.144. The van der Waals surface area contributed by atoms with E-state index in [1.807, 2.05) is 0 Å². The van der Waals surface area contributed by atoms with E-state index in [0.717, 1.165) is 21.6 Å². The molecule has 3 saturated heterocycles. The highest BCUT2D eigenvalue weighted by Crippen LogP contribution is 2.25. The minimum atomic E-state index is -1.38. The van der Waals surface area contributed by atoms with Crippen LogP contribution in [0.1, 0.15) is 58.1 Å². The Kier molecular flexibility index (Phi) is 18.2. The molecule has 1 aromatic rings. The Labute approximate surface area is 359 Å². The second-order valence-electron chi connectivity index (χ2n) is 15.2. The summed E-state index contributed by atoms with van der Waals surface area (Å²) in [7, 11) is 2.19. The summed E-state index contributed by atoms with van der Waals surface area (Å²) in [5.74, 6) is -7.76. The Morgan fingerprint density at radius 2 is 1.46 bits per heavy atom. The van der Waals surface area contributed by atoms with Crippen LogP contribution < -0.4 is 49.1 Å². The molecule has 0 spiro atoms. The topological polar surface area (TPSA) is 356 Å². The van der Waals surface area contributed by atoms with Crippen molar-refractivity contribution in [2.45, 2.75) is 101 Å². The molecule has 0 unspecified atom stereocenters. The maximum absolute atomic E-state index is 14.2. The van der Waals surface area contributed by atoms with Gasteiger partial charge >= 0.3 is 0 Å². The van der Waals surface area contributed by atoms with Gasteiger partial charge in [-0.3, -0.25) is 47.9 Å². The zero-order valence-electron chi connectivity index (χ0n) is 33.9. The fraction of sp³-hybridized carbons (Fsp3) is 0.639. The third kappa shape index (κ3) is 14.1. The SMILES string of the molecule is CC(C)[C@@H]1NC(=O)[C@H](CCC(N)=O)NC(=O)[C@@H]2CCCN2C(=O)[C@H](Cc2cnc[nH]2)NC(=O)CNC(=O)[C@@H](N)CSSC[C@@H](C(=O)NCC(N)=O)NC(=O)[C@@H]2CCCN2C1=O. The van der Waals surface area contributed by atoms with Crippen molar-refractivity contribution in [1.82, 2.24) is 51.7 Å². The van der Waals surface area contributed by atoms with E-state index in [-0.39, 0.29) is 56.7 Å². The molecule has 0 saturated carbocycles. The molecule has 3 aliphatic heterocycles. The Morgan fingerprint density at radius 1 is 0.820 bits per heavy atom. The smallest absolute Gasteiger partial charge is 0.246 e. The molecule has 4 heterocycles. The van der Waals surface area contributed by atoms with E-state index in [2.05, 4.69) is 41.9 Å². The van der Waals surface area contributed by atoms with Crippen molar-refractivity contribution >= 4 is 80.7 Å². The van der Waals surface area contributed by atoms with Crippen LogP contribution in [0.4, 0.5) is 0 Å². The van der Waals surface area contributed by atoms with Gasteiger partial charge in [-0.2, -0.15) is 0 Å². The summed E-state index contributed by atoms with van der Waals surface area (Å²) in [5.41, 5.74) is 17.2. The first-order chi connectivity index (χ1) is 29.0. The first-order valence-electron chi connectivity index (χ1n) is 19.9. The molecule has 0 bridgehead atoms. The average molecular weight is 894 g/mol. The Balaban J connectivity index is 1.65. The van der Waals surface area contributed by atoms with Crippen LogP contribution in [0.15, 0.2) is 12.5 Å². The summed E-state index contributed by atoms with van der Waals surface area (Å²) in [4.78, 5) is 142. The molecule has 3 aliphatic rings. The van der Waals surface area contributed by atoms with Crippen molar-refractivity contribution in [3.63, 3.8) is 0 Å². The lowest BCUT2D eigenvalue weighted by Crippen LogP contribution is -2.60. The molecule has 3 fully saturated rings. The monoisotopic (exact) mass is 893 g/mol. The zero-order valence-corrected chi connectivity index (χ0v) is 35.6. The molecule has 23 nitrogen and oxygen atoms in total. The van der Waals surface area contributed by atoms with Gasteiger partial charge in [0.05, 0.1) is 25.5 Å². The van der Waals surface area contributed by atoms with Gasteiger partial charge in [-0.25, -0.2) is 4.98 Å². The van der Waals surface area contributed by atoms with Crippen LogP contribution in [0.25, 0.3) is 0 Å². The van der Waals surface area contributed by atoms with Crippen molar-refractivity contribution in [2.24, 2.45) is 23.1 Å². The predicted molar refractivity (Wildman–Crippen MR) is 221 cm³/mol. The molecule has 0 radical (unpaired) electrons. The van der Waals surface area contributed by atoms with E-state index in [1.54, 1.807) is 13.8 Å². The van der Waals surface area contributed by atoms with Crippen LogP contribution in [0.3, 0.4) is 0 Å². The Morgan fingerprint density at radius 3 is 2.07 bits per heavy atom. The van der Waals surface area contributed by atoms with Crippen LogP contribution >= 0.6 is 21.6 Å². The number of hydrogen-bond donors (Lipinski definition) is 10. The van der Waals surface area contributed by atoms with Crippen molar-refractivity contribution < 1.29 is 47.9 Å². The lowest BCUT2D eigenvalue weighted by Gasteiger charge is -2.32. The summed E-state index contributed by atoms with van der Waals surface area (Å²) in [6.07, 6.45) is 3.50. The number of imidazole rings is 1. The van der Waals surface area contributed by atoms with Gasteiger partial charge in [-0.05, 0) is 38.0 Å². The fourth-order valence-corrected chi connectivity index (χ4v) is 9.28. The van der Waals surface area contributed by atoms with E-state index >= 15 is 0 Å². The molecule has 13 N–H and O–H groups in total. The van der Waals surface area contributed by atoms with Crippen LogP contribution in [-0.4, -0.2) is 159 Å². The lowest BCUT2D eigenvalue weighted by atomic mass is 10.0. The molecule has 0 aliphatic carbocycles. The zero-order chi connectivity index (χ0) is 44.8. The Bertz CT molecular complexity index is 1800. The van der Waals surface area contributed by atoms with Crippen molar-refractivity contribution in [3.05, 3.63) is 18.2 Å². The number of aromatic amines is 1. The van der Waals surface area contributed by atoms with E-state index in [4.69, 9.17) is 17.2 Å². The standard InChI is InChI=1S/C36H55N13O10S2/c1-18(2)29-36(59)49-10-4-6-25(49)34(57)46-23(31(54)41-13-27(39)51)16-61-60-15-20(37)30(53)42-14-28(52)44-22(11-19-12-40-17-43-19)35(58)48-9-3-5-24(48)33(56)45-21(32(55)47-29)7-8-26(38)50/h12,17-18,20-25,29H,3-11,13-16,37H2,1-2H3,(H2,38,50)(H2,39,51)(H,40,43)(H,41,54)(H,42,53)(H,44,52)(H,45,56)(H,46,57)(H,47,55)/t20-,21-,22-,23-,24-,25-,29-/m0/s1. The van der Waals surface area contributed by atoms with Gasteiger partial charge in [0.2, 0.25) is 59.1 Å². The number of H-pyrrole nitrogens is 1. The maximum Gasteiger partial charge on any atom is 0.246 e. The molecular weight excluding hydrogens is 839 g/mol. The fourth-order valence-electron chi connectivity index (χ4n) is 7.00. The number of aromatic nitrogens is 2. The van der Waals surface area contributed by atoms with Gasteiger partial charge < -0.3 is 63.9 Å². The van der Waals surface area contributed by atoms with E-state index in [0.29, 0.717) is 18.5 Å². The van der Waals surface area contributed by atoms with Gasteiger partial charge in [0.1, 0.15) is 36.3 Å². The van der Waals surface area contributed by atoms with E-state index in [9.17, 15) is 47.9 Å². The minimum absolute atomic E-state index is 0.0115. The Hall–Kier alpha value is -5.43. The van der Waals surface area contributed by atoms with Crippen LogP contribution in [-0.2, 0) is 54.4 Å². The van der Waals surface area contributed by atoms with Crippen molar-refractivity contribution in [2.75, 3.05) is 37.7 Å². The molecule has 25 heteroatoms. The average Bonchev–Trinajstić information content (AvgIpc) is 4.02. The second kappa shape index (κ2) is 23.0. The molecule has 7 atom stereocenters. The number of nitrogens with zero attached hydrogens (tertiary/aromatic N) is 3. The van der Waals surface area contributed by atoms with Crippen molar-refractivity contribution in [3.8, 4) is 0 Å². The number of carbonyl (C=O) groups excluding carboxylic acids is 10. The largest absolute Gasteiger partial charge is 0.370 e. The number of carbonyl (C=O) groups is 10. The van der Waals surface area contributed by atoms with Gasteiger partial charge in [0.15, 0.2) is 0 Å². The highest BCUT2D eigenvalue weighted by Gasteiger charge is 2.42. The molecule has 4 rings (SSSR count). The van der Waals surface area contributed by atoms with Gasteiger partial charge in [-0.1, -0.05) is 35.4 Å². The van der Waals surface area contributed by atoms with Gasteiger partial charge in [0.25, 0.3) is 0 Å². The normalized spacial score (nSPS) is 27.0.